The lowest BCUT2D eigenvalue weighted by atomic mass is 10.1. The average Bonchev–Trinajstić information content (AvgIpc) is 2.87. The van der Waals surface area contributed by atoms with Gasteiger partial charge in [-0.1, -0.05) is 30.0 Å². The van der Waals surface area contributed by atoms with Gasteiger partial charge in [0.1, 0.15) is 18.4 Å². The van der Waals surface area contributed by atoms with Gasteiger partial charge in [-0.2, -0.15) is 0 Å². The number of benzene rings is 1. The van der Waals surface area contributed by atoms with Crippen LogP contribution in [0.5, 0.6) is 5.75 Å². The minimum Gasteiger partial charge on any atom is -0.491 e. The first-order chi connectivity index (χ1) is 7.83. The van der Waals surface area contributed by atoms with Crippen LogP contribution >= 0.6 is 11.8 Å². The fraction of sp³-hybridized carbons (Fsp3) is 0.417. The molecule has 2 atom stereocenters. The molecule has 0 saturated carbocycles. The van der Waals surface area contributed by atoms with Gasteiger partial charge in [0.05, 0.1) is 0 Å². The van der Waals surface area contributed by atoms with Crippen molar-refractivity contribution in [3.05, 3.63) is 29.8 Å². The molecule has 3 nitrogen and oxygen atoms in total. The molecule has 1 aromatic rings. The molecule has 1 saturated heterocycles. The maximum Gasteiger partial charge on any atom is 0.157 e. The SMILES string of the molecule is CC1CSC(=NC2COc3ccccc32)N1. The summed E-state index contributed by atoms with van der Waals surface area (Å²) in [5, 5.41) is 4.42. The molecule has 0 radical (unpaired) electrons. The Morgan fingerprint density at radius 2 is 2.31 bits per heavy atom. The van der Waals surface area contributed by atoms with E-state index in [-0.39, 0.29) is 6.04 Å². The van der Waals surface area contributed by atoms with Gasteiger partial charge in [-0.05, 0) is 13.0 Å². The van der Waals surface area contributed by atoms with Crippen LogP contribution in [0.3, 0.4) is 0 Å². The van der Waals surface area contributed by atoms with Crippen LogP contribution in [0.2, 0.25) is 0 Å². The van der Waals surface area contributed by atoms with Gasteiger partial charge >= 0.3 is 0 Å². The van der Waals surface area contributed by atoms with E-state index in [2.05, 4.69) is 18.3 Å². The molecule has 1 fully saturated rings. The molecule has 2 unspecified atom stereocenters. The first-order valence-electron chi connectivity index (χ1n) is 5.52. The molecule has 16 heavy (non-hydrogen) atoms. The highest BCUT2D eigenvalue weighted by Gasteiger charge is 2.25. The molecule has 84 valence electrons. The molecule has 0 aliphatic carbocycles. The highest BCUT2D eigenvalue weighted by atomic mass is 32.2. The summed E-state index contributed by atoms with van der Waals surface area (Å²) in [6.07, 6.45) is 0. The van der Waals surface area contributed by atoms with Crippen LogP contribution in [0.1, 0.15) is 18.5 Å². The quantitative estimate of drug-likeness (QED) is 0.808. The number of hydrogen-bond acceptors (Lipinski definition) is 3. The molecule has 2 heterocycles. The summed E-state index contributed by atoms with van der Waals surface area (Å²) in [4.78, 5) is 4.71. The van der Waals surface area contributed by atoms with Gasteiger partial charge in [-0.15, -0.1) is 0 Å². The summed E-state index contributed by atoms with van der Waals surface area (Å²) in [7, 11) is 0. The number of hydrogen-bond donors (Lipinski definition) is 1. The van der Waals surface area contributed by atoms with Crippen LogP contribution in [0.15, 0.2) is 29.3 Å². The lowest BCUT2D eigenvalue weighted by Crippen LogP contribution is -2.23. The molecular formula is C12H14N2OS. The predicted molar refractivity (Wildman–Crippen MR) is 67.2 cm³/mol. The van der Waals surface area contributed by atoms with Crippen molar-refractivity contribution in [3.63, 3.8) is 0 Å². The summed E-state index contributed by atoms with van der Waals surface area (Å²) in [5.74, 6) is 2.08. The standard InChI is InChI=1S/C12H14N2OS/c1-8-7-16-12(13-8)14-10-6-15-11-5-3-2-4-9(10)11/h2-5,8,10H,6-7H2,1H3,(H,13,14). The van der Waals surface area contributed by atoms with Gasteiger partial charge in [0, 0.05) is 17.4 Å². The first-order valence-corrected chi connectivity index (χ1v) is 6.50. The molecule has 0 amide bonds. The summed E-state index contributed by atoms with van der Waals surface area (Å²) in [6, 6.07) is 8.84. The van der Waals surface area contributed by atoms with Crippen molar-refractivity contribution in [2.24, 2.45) is 4.99 Å². The molecule has 2 aliphatic heterocycles. The first kappa shape index (κ1) is 10.0. The minimum atomic E-state index is 0.163. The summed E-state index contributed by atoms with van der Waals surface area (Å²) in [6.45, 7) is 2.84. The highest BCUT2D eigenvalue weighted by Crippen LogP contribution is 2.35. The Balaban J connectivity index is 1.83. The summed E-state index contributed by atoms with van der Waals surface area (Å²) in [5.41, 5.74) is 1.21. The van der Waals surface area contributed by atoms with Crippen molar-refractivity contribution in [1.29, 1.82) is 0 Å². The van der Waals surface area contributed by atoms with Crippen LogP contribution < -0.4 is 10.1 Å². The average molecular weight is 234 g/mol. The second kappa shape index (κ2) is 4.01. The predicted octanol–water partition coefficient (Wildman–Crippen LogP) is 2.20. The van der Waals surface area contributed by atoms with E-state index in [0.29, 0.717) is 12.6 Å². The van der Waals surface area contributed by atoms with Crippen molar-refractivity contribution in [3.8, 4) is 5.75 Å². The topological polar surface area (TPSA) is 33.6 Å². The largest absolute Gasteiger partial charge is 0.491 e. The van der Waals surface area contributed by atoms with Crippen LogP contribution in [0, 0.1) is 0 Å². The van der Waals surface area contributed by atoms with E-state index in [1.165, 1.54) is 5.56 Å². The highest BCUT2D eigenvalue weighted by molar-refractivity contribution is 8.14. The van der Waals surface area contributed by atoms with Crippen LogP contribution in [0.4, 0.5) is 0 Å². The normalized spacial score (nSPS) is 29.9. The zero-order valence-corrected chi connectivity index (χ0v) is 9.96. The van der Waals surface area contributed by atoms with E-state index in [9.17, 15) is 0 Å². The lowest BCUT2D eigenvalue weighted by molar-refractivity contribution is 0.334. The van der Waals surface area contributed by atoms with E-state index < -0.39 is 0 Å². The van der Waals surface area contributed by atoms with Crippen molar-refractivity contribution < 1.29 is 4.74 Å². The van der Waals surface area contributed by atoms with Crippen LogP contribution in [-0.2, 0) is 0 Å². The van der Waals surface area contributed by atoms with E-state index in [0.717, 1.165) is 16.7 Å². The minimum absolute atomic E-state index is 0.163. The zero-order valence-electron chi connectivity index (χ0n) is 9.14. The van der Waals surface area contributed by atoms with E-state index in [4.69, 9.17) is 9.73 Å². The van der Waals surface area contributed by atoms with E-state index >= 15 is 0 Å². The third-order valence-corrected chi connectivity index (χ3v) is 3.95. The van der Waals surface area contributed by atoms with Crippen LogP contribution in [0.25, 0.3) is 0 Å². The number of rotatable bonds is 1. The Kier molecular flexibility index (Phi) is 2.52. The number of para-hydroxylation sites is 1. The molecule has 1 N–H and O–H groups in total. The van der Waals surface area contributed by atoms with E-state index in [1.54, 1.807) is 11.8 Å². The van der Waals surface area contributed by atoms with Gasteiger partial charge in [0.15, 0.2) is 5.17 Å². The fourth-order valence-electron chi connectivity index (χ4n) is 1.97. The molecule has 2 aliphatic rings. The number of nitrogens with one attached hydrogen (secondary N) is 1. The maximum absolute atomic E-state index is 5.60. The second-order valence-electron chi connectivity index (χ2n) is 4.16. The number of nitrogens with zero attached hydrogens (tertiary/aromatic N) is 1. The third kappa shape index (κ3) is 1.78. The Morgan fingerprint density at radius 3 is 3.12 bits per heavy atom. The van der Waals surface area contributed by atoms with Gasteiger partial charge in [-0.25, -0.2) is 0 Å². The van der Waals surface area contributed by atoms with Crippen LogP contribution in [-0.4, -0.2) is 23.6 Å². The van der Waals surface area contributed by atoms with Gasteiger partial charge < -0.3 is 10.1 Å². The number of amidine groups is 1. The second-order valence-corrected chi connectivity index (χ2v) is 5.16. The number of ether oxygens (including phenoxy) is 1. The van der Waals surface area contributed by atoms with Crippen molar-refractivity contribution in [2.45, 2.75) is 19.0 Å². The summed E-state index contributed by atoms with van der Waals surface area (Å²) >= 11 is 1.80. The smallest absolute Gasteiger partial charge is 0.157 e. The fourth-order valence-corrected chi connectivity index (χ4v) is 2.94. The van der Waals surface area contributed by atoms with E-state index in [1.807, 2.05) is 18.2 Å². The number of thioether (sulfide) groups is 1. The molecule has 3 rings (SSSR count). The van der Waals surface area contributed by atoms with Crippen molar-refractivity contribution in [1.82, 2.24) is 5.32 Å². The zero-order chi connectivity index (χ0) is 11.0. The molecule has 0 bridgehead atoms. The third-order valence-electron chi connectivity index (χ3n) is 2.79. The monoisotopic (exact) mass is 234 g/mol. The molecule has 0 spiro atoms. The van der Waals surface area contributed by atoms with Gasteiger partial charge in [-0.3, -0.25) is 4.99 Å². The van der Waals surface area contributed by atoms with Crippen molar-refractivity contribution in [2.75, 3.05) is 12.4 Å². The molecular weight excluding hydrogens is 220 g/mol. The lowest BCUT2D eigenvalue weighted by Gasteiger charge is -2.05. The number of fused-ring (bicyclic) bond motifs is 1. The Labute approximate surface area is 99.3 Å². The molecule has 1 aromatic carbocycles. The van der Waals surface area contributed by atoms with Gasteiger partial charge in [0.25, 0.3) is 0 Å². The van der Waals surface area contributed by atoms with Gasteiger partial charge in [0.2, 0.25) is 0 Å². The van der Waals surface area contributed by atoms with Crippen molar-refractivity contribution >= 4 is 16.9 Å². The summed E-state index contributed by atoms with van der Waals surface area (Å²) < 4.78 is 5.60. The Bertz CT molecular complexity index is 433. The molecule has 4 heteroatoms. The maximum atomic E-state index is 5.60. The Hall–Kier alpha value is -1.16. The Morgan fingerprint density at radius 1 is 1.44 bits per heavy atom. The molecule has 0 aromatic heterocycles. The number of aliphatic imine (C=N–C) groups is 1.